The maximum atomic E-state index is 14.2. The van der Waals surface area contributed by atoms with Crippen LogP contribution < -0.4 is 16.7 Å². The molecule has 4 heterocycles. The molecule has 4 aliphatic rings. The number of benzene rings is 1. The molecule has 2 fully saturated rings. The number of amidine groups is 2. The summed E-state index contributed by atoms with van der Waals surface area (Å²) >= 11 is 0. The molecule has 1 aromatic rings. The topological polar surface area (TPSA) is 93.7 Å². The summed E-state index contributed by atoms with van der Waals surface area (Å²) in [5.41, 5.74) is 12.5. The maximum absolute atomic E-state index is 14.2. The van der Waals surface area contributed by atoms with E-state index in [0.29, 0.717) is 18.9 Å². The SMILES string of the molecule is CN1NN=C(C2=NC3CN(C4CO[C@H](c5cc(F)ccc5F)C(N)C4)CC3N2C)N1. The van der Waals surface area contributed by atoms with Gasteiger partial charge >= 0.3 is 0 Å². The highest BCUT2D eigenvalue weighted by Gasteiger charge is 2.46. The van der Waals surface area contributed by atoms with Crippen LogP contribution in [0, 0.1) is 11.6 Å². The third-order valence-corrected chi connectivity index (χ3v) is 6.39. The molecule has 4 unspecified atom stereocenters. The third kappa shape index (κ3) is 3.31. The summed E-state index contributed by atoms with van der Waals surface area (Å²) in [5.74, 6) is 0.581. The van der Waals surface area contributed by atoms with Crippen LogP contribution in [0.2, 0.25) is 0 Å². The molecule has 0 radical (unpaired) electrons. The molecule has 5 rings (SSSR count). The fraction of sp³-hybridized carbons (Fsp3) is 0.579. The number of hydrazone groups is 1. The Morgan fingerprint density at radius 3 is 2.77 bits per heavy atom. The summed E-state index contributed by atoms with van der Waals surface area (Å²) < 4.78 is 33.7. The fourth-order valence-electron chi connectivity index (χ4n) is 4.82. The van der Waals surface area contributed by atoms with Gasteiger partial charge in [0.2, 0.25) is 5.84 Å². The maximum Gasteiger partial charge on any atom is 0.205 e. The van der Waals surface area contributed by atoms with E-state index in [-0.39, 0.29) is 23.7 Å². The molecule has 0 bridgehead atoms. The predicted octanol–water partition coefficient (Wildman–Crippen LogP) is -0.213. The second kappa shape index (κ2) is 7.41. The molecule has 30 heavy (non-hydrogen) atoms. The summed E-state index contributed by atoms with van der Waals surface area (Å²) in [4.78, 5) is 9.38. The molecule has 9 nitrogen and oxygen atoms in total. The van der Waals surface area contributed by atoms with Crippen LogP contribution in [-0.2, 0) is 4.74 Å². The first-order valence-electron chi connectivity index (χ1n) is 10.1. The van der Waals surface area contributed by atoms with Gasteiger partial charge in [0.15, 0.2) is 5.84 Å². The van der Waals surface area contributed by atoms with Crippen LogP contribution in [-0.4, -0.2) is 84.5 Å². The number of likely N-dealkylation sites (N-methyl/N-ethyl adjacent to an activating group) is 1. The lowest BCUT2D eigenvalue weighted by Gasteiger charge is -2.39. The van der Waals surface area contributed by atoms with Gasteiger partial charge in [0.25, 0.3) is 0 Å². The number of hydrazine groups is 2. The Balaban J connectivity index is 1.24. The van der Waals surface area contributed by atoms with Gasteiger partial charge in [-0.25, -0.2) is 14.3 Å². The van der Waals surface area contributed by atoms with Gasteiger partial charge in [-0.2, -0.15) is 0 Å². The summed E-state index contributed by atoms with van der Waals surface area (Å²) in [6, 6.07) is 3.52. The minimum atomic E-state index is -0.637. The molecular formula is C19H26F2N8O. The average Bonchev–Trinajstić information content (AvgIpc) is 3.40. The van der Waals surface area contributed by atoms with Crippen LogP contribution in [0.5, 0.6) is 0 Å². The van der Waals surface area contributed by atoms with Crippen molar-refractivity contribution in [1.82, 2.24) is 25.9 Å². The Morgan fingerprint density at radius 2 is 2.07 bits per heavy atom. The Bertz CT molecular complexity index is 895. The minimum Gasteiger partial charge on any atom is -0.370 e. The van der Waals surface area contributed by atoms with Crippen LogP contribution in [0.4, 0.5) is 8.78 Å². The van der Waals surface area contributed by atoms with E-state index < -0.39 is 23.8 Å². The quantitative estimate of drug-likeness (QED) is 0.623. The number of ether oxygens (including phenoxy) is 1. The van der Waals surface area contributed by atoms with Gasteiger partial charge < -0.3 is 15.4 Å². The second-order valence-corrected chi connectivity index (χ2v) is 8.36. The molecule has 5 atom stereocenters. The van der Waals surface area contributed by atoms with E-state index in [2.05, 4.69) is 25.9 Å². The molecule has 0 saturated carbocycles. The number of nitrogens with one attached hydrogen (secondary N) is 2. The molecule has 0 aliphatic carbocycles. The second-order valence-electron chi connectivity index (χ2n) is 8.36. The first-order valence-corrected chi connectivity index (χ1v) is 10.1. The van der Waals surface area contributed by atoms with Crippen molar-refractivity contribution in [3.05, 3.63) is 35.4 Å². The number of halogens is 2. The lowest BCUT2D eigenvalue weighted by molar-refractivity contribution is -0.0479. The molecule has 162 valence electrons. The number of aliphatic imine (C=N–C) groups is 1. The van der Waals surface area contributed by atoms with Crippen molar-refractivity contribution in [3.63, 3.8) is 0 Å². The van der Waals surface area contributed by atoms with Crippen molar-refractivity contribution in [2.75, 3.05) is 33.8 Å². The van der Waals surface area contributed by atoms with E-state index in [1.807, 2.05) is 14.1 Å². The number of hydrogen-bond donors (Lipinski definition) is 3. The Kier molecular flexibility index (Phi) is 4.85. The minimum absolute atomic E-state index is 0.125. The van der Waals surface area contributed by atoms with Gasteiger partial charge in [0.05, 0.1) is 18.7 Å². The summed E-state index contributed by atoms with van der Waals surface area (Å²) in [6.07, 6.45) is 0.0193. The molecule has 2 saturated heterocycles. The average molecular weight is 420 g/mol. The summed E-state index contributed by atoms with van der Waals surface area (Å²) in [7, 11) is 3.87. The van der Waals surface area contributed by atoms with Crippen molar-refractivity contribution in [3.8, 4) is 0 Å². The number of fused-ring (bicyclic) bond motifs is 1. The zero-order chi connectivity index (χ0) is 21.0. The lowest BCUT2D eigenvalue weighted by atomic mass is 9.93. The smallest absolute Gasteiger partial charge is 0.205 e. The Labute approximate surface area is 173 Å². The molecule has 1 aromatic carbocycles. The van der Waals surface area contributed by atoms with Crippen molar-refractivity contribution in [1.29, 1.82) is 0 Å². The highest BCUT2D eigenvalue weighted by Crippen LogP contribution is 2.34. The summed E-state index contributed by atoms with van der Waals surface area (Å²) in [6.45, 7) is 2.07. The normalized spacial score (nSPS) is 34.4. The van der Waals surface area contributed by atoms with E-state index in [1.54, 1.807) is 5.12 Å². The van der Waals surface area contributed by atoms with Gasteiger partial charge in [-0.05, 0) is 24.6 Å². The molecule has 4 aliphatic heterocycles. The molecule has 11 heteroatoms. The van der Waals surface area contributed by atoms with E-state index in [9.17, 15) is 8.78 Å². The predicted molar refractivity (Wildman–Crippen MR) is 107 cm³/mol. The number of nitrogens with zero attached hydrogens (tertiary/aromatic N) is 5. The van der Waals surface area contributed by atoms with Gasteiger partial charge in [-0.3, -0.25) is 15.3 Å². The lowest BCUT2D eigenvalue weighted by Crippen LogP contribution is -2.50. The van der Waals surface area contributed by atoms with Crippen molar-refractivity contribution in [2.45, 2.75) is 36.7 Å². The van der Waals surface area contributed by atoms with Crippen LogP contribution in [0.25, 0.3) is 0 Å². The van der Waals surface area contributed by atoms with Crippen molar-refractivity contribution in [2.24, 2.45) is 15.8 Å². The van der Waals surface area contributed by atoms with Crippen LogP contribution in [0.15, 0.2) is 28.3 Å². The first kappa shape index (κ1) is 19.6. The van der Waals surface area contributed by atoms with E-state index in [1.165, 1.54) is 6.07 Å². The molecule has 4 N–H and O–H groups in total. The number of likely N-dealkylation sites (tertiary alicyclic amines) is 1. The van der Waals surface area contributed by atoms with E-state index in [0.717, 1.165) is 31.1 Å². The highest BCUT2D eigenvalue weighted by atomic mass is 19.1. The van der Waals surface area contributed by atoms with Crippen molar-refractivity contribution < 1.29 is 13.5 Å². The van der Waals surface area contributed by atoms with Crippen LogP contribution in [0.3, 0.4) is 0 Å². The van der Waals surface area contributed by atoms with Gasteiger partial charge in [-0.15, -0.1) is 10.2 Å². The first-order chi connectivity index (χ1) is 14.4. The fourth-order valence-corrected chi connectivity index (χ4v) is 4.82. The zero-order valence-corrected chi connectivity index (χ0v) is 16.9. The molecule has 0 amide bonds. The largest absolute Gasteiger partial charge is 0.370 e. The molecule has 0 spiro atoms. The van der Waals surface area contributed by atoms with Crippen LogP contribution >= 0.6 is 0 Å². The van der Waals surface area contributed by atoms with E-state index >= 15 is 0 Å². The highest BCUT2D eigenvalue weighted by molar-refractivity contribution is 6.40. The van der Waals surface area contributed by atoms with Gasteiger partial charge in [0, 0.05) is 44.8 Å². The zero-order valence-electron chi connectivity index (χ0n) is 16.9. The van der Waals surface area contributed by atoms with E-state index in [4.69, 9.17) is 15.5 Å². The number of rotatable bonds is 3. The molecule has 0 aromatic heterocycles. The van der Waals surface area contributed by atoms with Gasteiger partial charge in [-0.1, -0.05) is 0 Å². The van der Waals surface area contributed by atoms with Crippen molar-refractivity contribution >= 4 is 11.7 Å². The Hall–Kier alpha value is -2.34. The number of hydrogen-bond acceptors (Lipinski definition) is 9. The summed E-state index contributed by atoms with van der Waals surface area (Å²) in [5, 5.41) is 5.92. The Morgan fingerprint density at radius 1 is 1.23 bits per heavy atom. The molecular weight excluding hydrogens is 394 g/mol. The van der Waals surface area contributed by atoms with Gasteiger partial charge in [0.1, 0.15) is 17.7 Å². The standard InChI is InChI=1S/C19H26F2N8O/c1-27-16-8-29(7-15(16)23-19(27)18-24-26-28(2)25-18)11-6-14(22)17(30-9-11)12-5-10(20)3-4-13(12)21/h3-5,11,14-17,26H,6-9,22H2,1-2H3,(H,24,25)/t11?,14?,15?,16?,17-/m1/s1. The van der Waals surface area contributed by atoms with Crippen LogP contribution in [0.1, 0.15) is 18.1 Å². The number of nitrogens with two attached hydrogens (primary N) is 1. The third-order valence-electron chi connectivity index (χ3n) is 6.39. The monoisotopic (exact) mass is 420 g/mol.